The van der Waals surface area contributed by atoms with Crippen LogP contribution in [0.25, 0.3) is 5.69 Å². The van der Waals surface area contributed by atoms with Crippen LogP contribution in [0.4, 0.5) is 0 Å². The predicted molar refractivity (Wildman–Crippen MR) is 92.3 cm³/mol. The summed E-state index contributed by atoms with van der Waals surface area (Å²) < 4.78 is 7.32. The number of hydrogen-bond donors (Lipinski definition) is 2. The van der Waals surface area contributed by atoms with Crippen LogP contribution in [-0.2, 0) is 4.74 Å². The van der Waals surface area contributed by atoms with Gasteiger partial charge in [-0.05, 0) is 43.5 Å². The minimum atomic E-state index is -0.111. The lowest BCUT2D eigenvalue weighted by Crippen LogP contribution is -2.35. The first-order chi connectivity index (χ1) is 11.7. The molecule has 0 spiro atoms. The molecule has 1 fully saturated rings. The van der Waals surface area contributed by atoms with E-state index in [1.54, 1.807) is 0 Å². The van der Waals surface area contributed by atoms with Crippen molar-refractivity contribution in [3.8, 4) is 5.69 Å². The average Bonchev–Trinajstić information content (AvgIpc) is 3.29. The van der Waals surface area contributed by atoms with Gasteiger partial charge in [0.25, 0.3) is 5.91 Å². The van der Waals surface area contributed by atoms with Gasteiger partial charge in [-0.1, -0.05) is 11.6 Å². The molecule has 0 saturated carbocycles. The maximum absolute atomic E-state index is 12.7. The Morgan fingerprint density at radius 1 is 1.42 bits per heavy atom. The Morgan fingerprint density at radius 2 is 2.21 bits per heavy atom. The van der Waals surface area contributed by atoms with Crippen molar-refractivity contribution in [1.82, 2.24) is 9.88 Å². The van der Waals surface area contributed by atoms with Gasteiger partial charge in [0.15, 0.2) is 0 Å². The number of benzene rings is 1. The topological polar surface area (TPSA) is 63.5 Å². The third kappa shape index (κ3) is 3.68. The minimum Gasteiger partial charge on any atom is -0.396 e. The normalized spacial score (nSPS) is 18.5. The number of ether oxygens (including phenoxy) is 1. The highest BCUT2D eigenvalue weighted by Crippen LogP contribution is 2.22. The van der Waals surface area contributed by atoms with Crippen molar-refractivity contribution in [3.63, 3.8) is 0 Å². The minimum absolute atomic E-state index is 0.0382. The van der Waals surface area contributed by atoms with Crippen molar-refractivity contribution >= 4 is 5.91 Å². The van der Waals surface area contributed by atoms with E-state index in [0.29, 0.717) is 24.6 Å². The molecule has 0 bridgehead atoms. The van der Waals surface area contributed by atoms with Crippen molar-refractivity contribution < 1.29 is 14.6 Å². The van der Waals surface area contributed by atoms with Crippen LogP contribution < -0.4 is 5.32 Å². The highest BCUT2D eigenvalue weighted by Gasteiger charge is 2.26. The Kier molecular flexibility index (Phi) is 5.33. The van der Waals surface area contributed by atoms with Crippen LogP contribution in [0, 0.1) is 18.8 Å². The molecule has 2 N–H and O–H groups in total. The summed E-state index contributed by atoms with van der Waals surface area (Å²) in [7, 11) is 0. The number of aliphatic hydroxyl groups excluding tert-OH is 1. The lowest BCUT2D eigenvalue weighted by molar-refractivity contribution is 0.0917. The van der Waals surface area contributed by atoms with Gasteiger partial charge in [-0.3, -0.25) is 4.79 Å². The van der Waals surface area contributed by atoms with Crippen molar-refractivity contribution in [3.05, 3.63) is 53.9 Å². The highest BCUT2D eigenvalue weighted by atomic mass is 16.5. The van der Waals surface area contributed by atoms with E-state index in [0.717, 1.165) is 24.3 Å². The molecular formula is C19H24N2O3. The first kappa shape index (κ1) is 16.7. The van der Waals surface area contributed by atoms with E-state index in [1.807, 2.05) is 54.2 Å². The van der Waals surface area contributed by atoms with E-state index in [-0.39, 0.29) is 18.4 Å². The summed E-state index contributed by atoms with van der Waals surface area (Å²) in [5.41, 5.74) is 2.54. The van der Waals surface area contributed by atoms with Crippen LogP contribution in [0.1, 0.15) is 22.3 Å². The van der Waals surface area contributed by atoms with E-state index in [2.05, 4.69) is 5.32 Å². The number of nitrogens with one attached hydrogen (secondary N) is 1. The second-order valence-electron chi connectivity index (χ2n) is 6.39. The Bertz CT molecular complexity index is 676. The summed E-state index contributed by atoms with van der Waals surface area (Å²) >= 11 is 0. The molecule has 5 nitrogen and oxygen atoms in total. The monoisotopic (exact) mass is 328 g/mol. The zero-order valence-corrected chi connectivity index (χ0v) is 13.9. The summed E-state index contributed by atoms with van der Waals surface area (Å²) in [4.78, 5) is 12.7. The number of amides is 1. The molecule has 128 valence electrons. The lowest BCUT2D eigenvalue weighted by atomic mass is 9.92. The predicted octanol–water partition coefficient (Wildman–Crippen LogP) is 2.16. The molecule has 0 aliphatic carbocycles. The molecule has 1 aromatic carbocycles. The summed E-state index contributed by atoms with van der Waals surface area (Å²) in [6.07, 6.45) is 4.79. The van der Waals surface area contributed by atoms with E-state index in [9.17, 15) is 9.90 Å². The van der Waals surface area contributed by atoms with Crippen LogP contribution in [-0.4, -0.2) is 41.9 Å². The molecule has 3 rings (SSSR count). The number of rotatable bonds is 6. The van der Waals surface area contributed by atoms with Gasteiger partial charge in [0.05, 0.1) is 11.3 Å². The fraction of sp³-hybridized carbons (Fsp3) is 0.421. The number of carbonyl (C=O) groups excluding carboxylic acids is 1. The van der Waals surface area contributed by atoms with Crippen molar-refractivity contribution in [2.45, 2.75) is 13.3 Å². The van der Waals surface area contributed by atoms with Gasteiger partial charge in [-0.15, -0.1) is 0 Å². The van der Waals surface area contributed by atoms with Gasteiger partial charge in [0, 0.05) is 44.7 Å². The molecule has 1 amide bonds. The smallest absolute Gasteiger partial charge is 0.253 e. The second kappa shape index (κ2) is 7.64. The van der Waals surface area contributed by atoms with E-state index in [1.165, 1.54) is 0 Å². The molecule has 24 heavy (non-hydrogen) atoms. The Hall–Kier alpha value is -2.11. The fourth-order valence-corrected chi connectivity index (χ4v) is 3.18. The van der Waals surface area contributed by atoms with Crippen molar-refractivity contribution in [2.75, 3.05) is 26.4 Å². The second-order valence-corrected chi connectivity index (χ2v) is 6.39. The number of carbonyl (C=O) groups is 1. The summed E-state index contributed by atoms with van der Waals surface area (Å²) in [6, 6.07) is 9.72. The zero-order valence-electron chi connectivity index (χ0n) is 13.9. The van der Waals surface area contributed by atoms with Gasteiger partial charge < -0.3 is 19.7 Å². The van der Waals surface area contributed by atoms with Gasteiger partial charge in [-0.25, -0.2) is 0 Å². The number of nitrogens with zero attached hydrogens (tertiary/aromatic N) is 1. The maximum Gasteiger partial charge on any atom is 0.253 e. The largest absolute Gasteiger partial charge is 0.396 e. The van der Waals surface area contributed by atoms with Gasteiger partial charge >= 0.3 is 0 Å². The summed E-state index contributed by atoms with van der Waals surface area (Å²) in [5, 5.41) is 12.6. The highest BCUT2D eigenvalue weighted by molar-refractivity contribution is 5.98. The average molecular weight is 328 g/mol. The number of hydrogen-bond acceptors (Lipinski definition) is 3. The van der Waals surface area contributed by atoms with Crippen molar-refractivity contribution in [2.24, 2.45) is 11.8 Å². The third-order valence-corrected chi connectivity index (χ3v) is 4.67. The van der Waals surface area contributed by atoms with Gasteiger partial charge in [0.1, 0.15) is 0 Å². The number of aromatic nitrogens is 1. The van der Waals surface area contributed by atoms with Gasteiger partial charge in [-0.2, -0.15) is 0 Å². The number of aliphatic hydroxyl groups is 1. The van der Waals surface area contributed by atoms with E-state index >= 15 is 0 Å². The lowest BCUT2D eigenvalue weighted by Gasteiger charge is -2.21. The molecule has 2 unspecified atom stereocenters. The first-order valence-electron chi connectivity index (χ1n) is 8.40. The molecule has 5 heteroatoms. The summed E-state index contributed by atoms with van der Waals surface area (Å²) in [5.74, 6) is 0.243. The Balaban J connectivity index is 1.73. The van der Waals surface area contributed by atoms with Crippen LogP contribution in [0.15, 0.2) is 42.7 Å². The van der Waals surface area contributed by atoms with Crippen LogP contribution >= 0.6 is 0 Å². The number of aryl methyl sites for hydroxylation is 1. The fourth-order valence-electron chi connectivity index (χ4n) is 3.18. The molecule has 1 aliphatic heterocycles. The zero-order chi connectivity index (χ0) is 16.9. The van der Waals surface area contributed by atoms with Crippen LogP contribution in [0.3, 0.4) is 0 Å². The standard InChI is InChI=1S/C19H24N2O3/c1-14-4-5-18(21-7-2-3-8-21)17(10-14)19(23)20-11-16(12-22)15-6-9-24-13-15/h2-5,7-8,10,15-16,22H,6,9,11-13H2,1H3,(H,20,23). The molecule has 2 heterocycles. The third-order valence-electron chi connectivity index (χ3n) is 4.67. The SMILES string of the molecule is Cc1ccc(-n2cccc2)c(C(=O)NCC(CO)C2CCOC2)c1. The first-order valence-corrected chi connectivity index (χ1v) is 8.40. The van der Waals surface area contributed by atoms with E-state index < -0.39 is 0 Å². The molecular weight excluding hydrogens is 304 g/mol. The van der Waals surface area contributed by atoms with E-state index in [4.69, 9.17) is 4.74 Å². The van der Waals surface area contributed by atoms with Crippen molar-refractivity contribution in [1.29, 1.82) is 0 Å². The van der Waals surface area contributed by atoms with Crippen LogP contribution in [0.5, 0.6) is 0 Å². The van der Waals surface area contributed by atoms with Gasteiger partial charge in [0.2, 0.25) is 0 Å². The molecule has 1 saturated heterocycles. The Labute approximate surface area is 142 Å². The molecule has 0 radical (unpaired) electrons. The molecule has 1 aliphatic rings. The summed E-state index contributed by atoms with van der Waals surface area (Å²) in [6.45, 7) is 3.91. The molecule has 2 aromatic rings. The van der Waals surface area contributed by atoms with Crippen LogP contribution in [0.2, 0.25) is 0 Å². The molecule has 1 aromatic heterocycles. The molecule has 2 atom stereocenters. The maximum atomic E-state index is 12.7. The Morgan fingerprint density at radius 3 is 2.88 bits per heavy atom. The quantitative estimate of drug-likeness (QED) is 0.854.